The Bertz CT molecular complexity index is 918. The van der Waals surface area contributed by atoms with Gasteiger partial charge in [0.15, 0.2) is 0 Å². The molecule has 0 spiro atoms. The van der Waals surface area contributed by atoms with Gasteiger partial charge in [-0.2, -0.15) is 0 Å². The number of hydrazine groups is 1. The summed E-state index contributed by atoms with van der Waals surface area (Å²) >= 11 is 0. The molecule has 4 rings (SSSR count). The minimum Gasteiger partial charge on any atom is -0.447 e. The average molecular weight is 438 g/mol. The number of benzene rings is 2. The number of rotatable bonds is 4. The quantitative estimate of drug-likeness (QED) is 0.708. The van der Waals surface area contributed by atoms with Crippen LogP contribution < -0.4 is 10.9 Å². The first-order chi connectivity index (χ1) is 15.5. The van der Waals surface area contributed by atoms with Crippen molar-refractivity contribution in [1.82, 2.24) is 20.7 Å². The third-order valence-corrected chi connectivity index (χ3v) is 5.26. The molecule has 2 aliphatic heterocycles. The first kappa shape index (κ1) is 21.2. The van der Waals surface area contributed by atoms with Crippen LogP contribution in [0.15, 0.2) is 60.7 Å². The number of nitrogens with one attached hydrogen (secondary N) is 2. The maximum atomic E-state index is 12.6. The Hall–Kier alpha value is -4.08. The average Bonchev–Trinajstić information content (AvgIpc) is 3.35. The van der Waals surface area contributed by atoms with Gasteiger partial charge in [0.25, 0.3) is 0 Å². The number of cyclic esters (lactones) is 2. The predicted molar refractivity (Wildman–Crippen MR) is 111 cm³/mol. The molecule has 0 saturated carbocycles. The molecule has 2 fully saturated rings. The standard InChI is InChI=1S/C22H22N4O6/c27-19(25-17(13-31-21(25)29)11-15-7-3-1-4-8-15)23-24-20(28)26-18(14-32-22(26)30)12-16-9-5-2-6-10-16/h1-10,17-18H,11-14H2,(H,23,27)(H,24,28)/t17-,18-/m0/s1. The van der Waals surface area contributed by atoms with Gasteiger partial charge in [0.2, 0.25) is 0 Å². The van der Waals surface area contributed by atoms with E-state index in [9.17, 15) is 19.2 Å². The van der Waals surface area contributed by atoms with Crippen LogP contribution in [0.3, 0.4) is 0 Å². The summed E-state index contributed by atoms with van der Waals surface area (Å²) < 4.78 is 10.0. The van der Waals surface area contributed by atoms with Gasteiger partial charge in [-0.15, -0.1) is 0 Å². The molecular weight excluding hydrogens is 416 g/mol. The molecule has 6 amide bonds. The summed E-state index contributed by atoms with van der Waals surface area (Å²) in [6, 6.07) is 16.0. The molecule has 2 N–H and O–H groups in total. The van der Waals surface area contributed by atoms with Gasteiger partial charge in [0, 0.05) is 0 Å². The number of carbonyl (C=O) groups is 4. The van der Waals surface area contributed by atoms with E-state index in [1.807, 2.05) is 60.7 Å². The highest BCUT2D eigenvalue weighted by atomic mass is 16.6. The van der Waals surface area contributed by atoms with Crippen molar-refractivity contribution < 1.29 is 28.7 Å². The number of ether oxygens (including phenoxy) is 2. The Morgan fingerprint density at radius 3 is 1.47 bits per heavy atom. The second kappa shape index (κ2) is 9.38. The fraction of sp³-hybridized carbons (Fsp3) is 0.273. The molecule has 2 aliphatic rings. The lowest BCUT2D eigenvalue weighted by atomic mass is 10.1. The zero-order chi connectivity index (χ0) is 22.5. The molecule has 2 heterocycles. The molecule has 0 aromatic heterocycles. The second-order valence-corrected chi connectivity index (χ2v) is 7.44. The van der Waals surface area contributed by atoms with Crippen molar-refractivity contribution in [3.63, 3.8) is 0 Å². The van der Waals surface area contributed by atoms with E-state index in [-0.39, 0.29) is 13.2 Å². The SMILES string of the molecule is O=C(NNC(=O)N1C(=O)OC[C@@H]1Cc1ccccc1)N1C(=O)OC[C@@H]1Cc1ccccc1. The fourth-order valence-electron chi connectivity index (χ4n) is 3.72. The summed E-state index contributed by atoms with van der Waals surface area (Å²) in [4.78, 5) is 51.2. The van der Waals surface area contributed by atoms with Gasteiger partial charge in [-0.25, -0.2) is 39.8 Å². The highest BCUT2D eigenvalue weighted by Gasteiger charge is 2.40. The van der Waals surface area contributed by atoms with E-state index >= 15 is 0 Å². The summed E-state index contributed by atoms with van der Waals surface area (Å²) in [6.45, 7) is 0.0966. The molecule has 2 aromatic carbocycles. The Morgan fingerprint density at radius 1 is 0.719 bits per heavy atom. The third-order valence-electron chi connectivity index (χ3n) is 5.26. The fourth-order valence-corrected chi connectivity index (χ4v) is 3.72. The van der Waals surface area contributed by atoms with E-state index < -0.39 is 36.3 Å². The lowest BCUT2D eigenvalue weighted by Crippen LogP contribution is -2.56. The van der Waals surface area contributed by atoms with Crippen molar-refractivity contribution in [1.29, 1.82) is 0 Å². The number of amides is 6. The van der Waals surface area contributed by atoms with Crippen LogP contribution in [0.25, 0.3) is 0 Å². The summed E-state index contributed by atoms with van der Waals surface area (Å²) in [5.41, 5.74) is 6.24. The number of hydrogen-bond donors (Lipinski definition) is 2. The summed E-state index contributed by atoms with van der Waals surface area (Å²) in [5.74, 6) is 0. The van der Waals surface area contributed by atoms with Crippen LogP contribution in [0.2, 0.25) is 0 Å². The summed E-state index contributed by atoms with van der Waals surface area (Å²) in [5, 5.41) is 0. The van der Waals surface area contributed by atoms with Crippen LogP contribution >= 0.6 is 0 Å². The molecule has 2 saturated heterocycles. The van der Waals surface area contributed by atoms with Gasteiger partial charge in [0.05, 0.1) is 12.1 Å². The maximum Gasteiger partial charge on any atom is 0.418 e. The van der Waals surface area contributed by atoms with Crippen LogP contribution in [-0.2, 0) is 22.3 Å². The van der Waals surface area contributed by atoms with Crippen molar-refractivity contribution in [3.05, 3.63) is 71.8 Å². The Morgan fingerprint density at radius 2 is 1.09 bits per heavy atom. The van der Waals surface area contributed by atoms with Crippen LogP contribution in [0.1, 0.15) is 11.1 Å². The monoisotopic (exact) mass is 438 g/mol. The van der Waals surface area contributed by atoms with Crippen molar-refractivity contribution in [2.45, 2.75) is 24.9 Å². The van der Waals surface area contributed by atoms with E-state index in [1.165, 1.54) is 0 Å². The molecule has 10 heteroatoms. The van der Waals surface area contributed by atoms with Gasteiger partial charge in [-0.1, -0.05) is 60.7 Å². The van der Waals surface area contributed by atoms with Crippen molar-refractivity contribution in [3.8, 4) is 0 Å². The normalized spacial score (nSPS) is 20.0. The first-order valence-electron chi connectivity index (χ1n) is 10.1. The van der Waals surface area contributed by atoms with Crippen LogP contribution in [-0.4, -0.2) is 59.3 Å². The van der Waals surface area contributed by atoms with Crippen LogP contribution in [0.5, 0.6) is 0 Å². The zero-order valence-electron chi connectivity index (χ0n) is 17.1. The molecule has 166 valence electrons. The Labute approximate surface area is 184 Å². The molecule has 0 radical (unpaired) electrons. The maximum absolute atomic E-state index is 12.6. The van der Waals surface area contributed by atoms with E-state index in [2.05, 4.69) is 10.9 Å². The smallest absolute Gasteiger partial charge is 0.418 e. The lowest BCUT2D eigenvalue weighted by Gasteiger charge is -2.23. The molecule has 10 nitrogen and oxygen atoms in total. The lowest BCUT2D eigenvalue weighted by molar-refractivity contribution is 0.150. The number of hydrogen-bond acceptors (Lipinski definition) is 6. The second-order valence-electron chi connectivity index (χ2n) is 7.44. The Kier molecular flexibility index (Phi) is 6.20. The molecule has 0 aliphatic carbocycles. The van der Waals surface area contributed by atoms with Crippen LogP contribution in [0, 0.1) is 0 Å². The van der Waals surface area contributed by atoms with Gasteiger partial charge in [-0.3, -0.25) is 0 Å². The van der Waals surface area contributed by atoms with Crippen molar-refractivity contribution >= 4 is 24.2 Å². The van der Waals surface area contributed by atoms with E-state index in [0.717, 1.165) is 20.9 Å². The third kappa shape index (κ3) is 4.64. The largest absolute Gasteiger partial charge is 0.447 e. The molecule has 32 heavy (non-hydrogen) atoms. The first-order valence-corrected chi connectivity index (χ1v) is 10.1. The summed E-state index contributed by atoms with van der Waals surface area (Å²) in [6.07, 6.45) is -0.794. The molecule has 0 unspecified atom stereocenters. The van der Waals surface area contributed by atoms with Crippen LogP contribution in [0.4, 0.5) is 19.2 Å². The Balaban J connectivity index is 1.36. The predicted octanol–water partition coefficient (Wildman–Crippen LogP) is 2.45. The highest BCUT2D eigenvalue weighted by Crippen LogP contribution is 2.19. The van der Waals surface area contributed by atoms with E-state index in [4.69, 9.17) is 9.47 Å². The van der Waals surface area contributed by atoms with Crippen molar-refractivity contribution in [2.75, 3.05) is 13.2 Å². The topological polar surface area (TPSA) is 117 Å². The number of carbonyl (C=O) groups excluding carboxylic acids is 4. The summed E-state index contributed by atoms with van der Waals surface area (Å²) in [7, 11) is 0. The van der Waals surface area contributed by atoms with E-state index in [0.29, 0.717) is 12.8 Å². The van der Waals surface area contributed by atoms with Gasteiger partial charge in [0.1, 0.15) is 13.2 Å². The molecular formula is C22H22N4O6. The molecule has 2 atom stereocenters. The number of urea groups is 2. The van der Waals surface area contributed by atoms with Gasteiger partial charge < -0.3 is 9.47 Å². The van der Waals surface area contributed by atoms with Gasteiger partial charge >= 0.3 is 24.2 Å². The minimum atomic E-state index is -0.853. The molecule has 2 aromatic rings. The minimum absolute atomic E-state index is 0.0483. The molecule has 0 bridgehead atoms. The number of imide groups is 2. The van der Waals surface area contributed by atoms with Gasteiger partial charge in [-0.05, 0) is 24.0 Å². The van der Waals surface area contributed by atoms with Crippen molar-refractivity contribution in [2.24, 2.45) is 0 Å². The number of nitrogens with zero attached hydrogens (tertiary/aromatic N) is 2. The zero-order valence-corrected chi connectivity index (χ0v) is 17.1. The van der Waals surface area contributed by atoms with E-state index in [1.54, 1.807) is 0 Å². The highest BCUT2D eigenvalue weighted by molar-refractivity contribution is 5.96.